The summed E-state index contributed by atoms with van der Waals surface area (Å²) in [4.78, 5) is 29.1. The van der Waals surface area contributed by atoms with Crippen molar-refractivity contribution in [1.82, 2.24) is 20.5 Å². The molecule has 0 aliphatic carbocycles. The van der Waals surface area contributed by atoms with Crippen LogP contribution in [0, 0.1) is 0 Å². The van der Waals surface area contributed by atoms with Crippen molar-refractivity contribution in [3.05, 3.63) is 46.4 Å². The number of aromatic nitrogens is 1. The average Bonchev–Trinajstić information content (AvgIpc) is 3.10. The van der Waals surface area contributed by atoms with Gasteiger partial charge in [-0.3, -0.25) is 14.5 Å². The van der Waals surface area contributed by atoms with Crippen molar-refractivity contribution in [3.63, 3.8) is 0 Å². The number of hydrogen-bond donors (Lipinski definition) is 3. The third-order valence-electron chi connectivity index (χ3n) is 3.86. The number of nitrogens with zero attached hydrogens (tertiary/aromatic N) is 1. The molecule has 122 valence electrons. The Balaban J connectivity index is 1.58. The molecule has 0 atom stereocenters. The lowest BCUT2D eigenvalue weighted by atomic mass is 10.2. The number of pyridine rings is 1. The molecule has 0 spiro atoms. The normalized spacial score (nSPS) is 15.5. The van der Waals surface area contributed by atoms with Gasteiger partial charge in [-0.15, -0.1) is 0 Å². The number of piperazine rings is 1. The zero-order valence-corrected chi connectivity index (χ0v) is 12.8. The van der Waals surface area contributed by atoms with Crippen LogP contribution in [0.15, 0.2) is 39.7 Å². The van der Waals surface area contributed by atoms with Gasteiger partial charge in [0, 0.05) is 39.3 Å². The first-order valence-electron chi connectivity index (χ1n) is 7.72. The van der Waals surface area contributed by atoms with E-state index in [0.29, 0.717) is 18.0 Å². The van der Waals surface area contributed by atoms with E-state index >= 15 is 0 Å². The summed E-state index contributed by atoms with van der Waals surface area (Å²) in [6.45, 7) is 5.22. The minimum atomic E-state index is -0.418. The minimum absolute atomic E-state index is 0.112. The summed E-state index contributed by atoms with van der Waals surface area (Å²) in [6.07, 6.45) is 1.53. The molecule has 2 aromatic heterocycles. The van der Waals surface area contributed by atoms with Crippen LogP contribution in [0.25, 0.3) is 11.5 Å². The van der Waals surface area contributed by atoms with Crippen LogP contribution < -0.4 is 16.2 Å². The number of rotatable bonds is 5. The lowest BCUT2D eigenvalue weighted by molar-refractivity contribution is 0.0946. The van der Waals surface area contributed by atoms with Crippen LogP contribution in [0.3, 0.4) is 0 Å². The number of amides is 1. The number of hydrogen-bond acceptors (Lipinski definition) is 5. The van der Waals surface area contributed by atoms with Crippen molar-refractivity contribution in [1.29, 1.82) is 0 Å². The molecule has 0 bridgehead atoms. The van der Waals surface area contributed by atoms with Crippen LogP contribution in [0.1, 0.15) is 10.4 Å². The molecule has 0 aromatic carbocycles. The third kappa shape index (κ3) is 3.88. The number of aromatic amines is 1. The molecule has 7 nitrogen and oxygen atoms in total. The van der Waals surface area contributed by atoms with E-state index < -0.39 is 5.56 Å². The van der Waals surface area contributed by atoms with E-state index in [1.54, 1.807) is 18.2 Å². The summed E-state index contributed by atoms with van der Waals surface area (Å²) in [5, 5.41) is 6.08. The van der Waals surface area contributed by atoms with Crippen LogP contribution >= 0.6 is 0 Å². The highest BCUT2D eigenvalue weighted by atomic mass is 16.3. The van der Waals surface area contributed by atoms with Gasteiger partial charge >= 0.3 is 0 Å². The van der Waals surface area contributed by atoms with E-state index in [1.165, 1.54) is 12.3 Å². The van der Waals surface area contributed by atoms with Crippen molar-refractivity contribution >= 4 is 5.91 Å². The first kappa shape index (κ1) is 15.5. The predicted octanol–water partition coefficient (Wildman–Crippen LogP) is 0.270. The number of H-pyrrole nitrogens is 1. The summed E-state index contributed by atoms with van der Waals surface area (Å²) in [5.41, 5.74) is 0.247. The van der Waals surface area contributed by atoms with Gasteiger partial charge in [-0.05, 0) is 24.3 Å². The Morgan fingerprint density at radius 1 is 1.26 bits per heavy atom. The smallest absolute Gasteiger partial charge is 0.261 e. The molecule has 2 aromatic rings. The van der Waals surface area contributed by atoms with Crippen LogP contribution in [0.4, 0.5) is 0 Å². The summed E-state index contributed by atoms with van der Waals surface area (Å²) in [6, 6.07) is 6.69. The van der Waals surface area contributed by atoms with Crippen LogP contribution in [-0.4, -0.2) is 55.1 Å². The largest absolute Gasteiger partial charge is 0.463 e. The minimum Gasteiger partial charge on any atom is -0.463 e. The number of nitrogens with one attached hydrogen (secondary N) is 3. The summed E-state index contributed by atoms with van der Waals surface area (Å²) in [7, 11) is 0. The molecule has 7 heteroatoms. The number of furan rings is 1. The van der Waals surface area contributed by atoms with Crippen LogP contribution in [0.2, 0.25) is 0 Å². The molecule has 23 heavy (non-hydrogen) atoms. The standard InChI is InChI=1S/C16H20N4O3/c21-15(18-7-10-20-8-5-17-6-9-20)12-3-4-13(19-16(12)22)14-2-1-11-23-14/h1-4,11,17H,5-10H2,(H,18,21)(H,19,22). The van der Waals surface area contributed by atoms with Gasteiger partial charge in [-0.2, -0.15) is 0 Å². The molecule has 0 saturated carbocycles. The Morgan fingerprint density at radius 3 is 2.78 bits per heavy atom. The molecule has 3 heterocycles. The van der Waals surface area contributed by atoms with Gasteiger partial charge in [-0.25, -0.2) is 0 Å². The maximum Gasteiger partial charge on any atom is 0.261 e. The van der Waals surface area contributed by atoms with Gasteiger partial charge in [0.15, 0.2) is 0 Å². The Hall–Kier alpha value is -2.38. The van der Waals surface area contributed by atoms with E-state index in [2.05, 4.69) is 20.5 Å². The predicted molar refractivity (Wildman–Crippen MR) is 86.4 cm³/mol. The molecular formula is C16H20N4O3. The SMILES string of the molecule is O=C(NCCN1CCNCC1)c1ccc(-c2ccco2)[nH]c1=O. The molecule has 3 rings (SSSR count). The van der Waals surface area contributed by atoms with Gasteiger partial charge < -0.3 is 20.0 Å². The molecule has 1 saturated heterocycles. The second-order valence-electron chi connectivity index (χ2n) is 5.44. The topological polar surface area (TPSA) is 90.4 Å². The van der Waals surface area contributed by atoms with E-state index in [-0.39, 0.29) is 11.5 Å². The van der Waals surface area contributed by atoms with Gasteiger partial charge in [-0.1, -0.05) is 0 Å². The molecule has 1 amide bonds. The highest BCUT2D eigenvalue weighted by Crippen LogP contribution is 2.15. The summed E-state index contributed by atoms with van der Waals surface area (Å²) in [5.74, 6) is 0.208. The van der Waals surface area contributed by atoms with Gasteiger partial charge in [0.2, 0.25) is 0 Å². The van der Waals surface area contributed by atoms with E-state index in [4.69, 9.17) is 4.42 Å². The first-order chi connectivity index (χ1) is 11.2. The van der Waals surface area contributed by atoms with Crippen LogP contribution in [0.5, 0.6) is 0 Å². The lowest BCUT2D eigenvalue weighted by Gasteiger charge is -2.27. The third-order valence-corrected chi connectivity index (χ3v) is 3.86. The Labute approximate surface area is 133 Å². The fraction of sp³-hybridized carbons (Fsp3) is 0.375. The Morgan fingerprint density at radius 2 is 2.09 bits per heavy atom. The first-order valence-corrected chi connectivity index (χ1v) is 7.72. The molecule has 1 fully saturated rings. The fourth-order valence-corrected chi connectivity index (χ4v) is 2.59. The highest BCUT2D eigenvalue weighted by molar-refractivity contribution is 5.94. The summed E-state index contributed by atoms with van der Waals surface area (Å²) >= 11 is 0. The Bertz CT molecular complexity index is 702. The second kappa shape index (κ2) is 7.26. The lowest BCUT2D eigenvalue weighted by Crippen LogP contribution is -2.46. The molecule has 1 aliphatic rings. The van der Waals surface area contributed by atoms with Crippen molar-refractivity contribution < 1.29 is 9.21 Å². The van der Waals surface area contributed by atoms with Gasteiger partial charge in [0.1, 0.15) is 11.3 Å². The van der Waals surface area contributed by atoms with E-state index in [9.17, 15) is 9.59 Å². The number of carbonyl (C=O) groups excluding carboxylic acids is 1. The summed E-state index contributed by atoms with van der Waals surface area (Å²) < 4.78 is 5.23. The maximum atomic E-state index is 12.1. The van der Waals surface area contributed by atoms with E-state index in [1.807, 2.05) is 0 Å². The van der Waals surface area contributed by atoms with Crippen LogP contribution in [-0.2, 0) is 0 Å². The maximum absolute atomic E-state index is 12.1. The van der Waals surface area contributed by atoms with Crippen molar-refractivity contribution in [2.45, 2.75) is 0 Å². The van der Waals surface area contributed by atoms with Crippen molar-refractivity contribution in [3.8, 4) is 11.5 Å². The van der Waals surface area contributed by atoms with E-state index in [0.717, 1.165) is 32.7 Å². The highest BCUT2D eigenvalue weighted by Gasteiger charge is 2.13. The second-order valence-corrected chi connectivity index (χ2v) is 5.44. The zero-order valence-electron chi connectivity index (χ0n) is 12.8. The molecule has 1 aliphatic heterocycles. The molecule has 0 radical (unpaired) electrons. The number of carbonyl (C=O) groups is 1. The molecular weight excluding hydrogens is 296 g/mol. The van der Waals surface area contributed by atoms with Gasteiger partial charge in [0.05, 0.1) is 12.0 Å². The molecule has 0 unspecified atom stereocenters. The molecule has 3 N–H and O–H groups in total. The Kier molecular flexibility index (Phi) is 4.89. The average molecular weight is 316 g/mol. The zero-order chi connectivity index (χ0) is 16.1. The van der Waals surface area contributed by atoms with Crippen molar-refractivity contribution in [2.75, 3.05) is 39.3 Å². The quantitative estimate of drug-likeness (QED) is 0.737. The van der Waals surface area contributed by atoms with Crippen molar-refractivity contribution in [2.24, 2.45) is 0 Å². The fourth-order valence-electron chi connectivity index (χ4n) is 2.59. The monoisotopic (exact) mass is 316 g/mol. The van der Waals surface area contributed by atoms with Gasteiger partial charge in [0.25, 0.3) is 11.5 Å².